The Hall–Kier alpha value is -2.49. The third-order valence-electron chi connectivity index (χ3n) is 9.12. The number of ether oxygens (including phenoxy) is 4. The number of unbranched alkanes of at least 4 members (excludes halogenated alkanes) is 18. The first-order chi connectivity index (χ1) is 26.1. The van der Waals surface area contributed by atoms with Gasteiger partial charge in [-0.3, -0.25) is 9.59 Å². The molecule has 0 aromatic carbocycles. The number of esters is 2. The fraction of sp³-hybridized carbons (Fsp3) is 0.800. The number of carboxylic acid groups (broad SMARTS) is 1. The molecule has 0 aromatic rings. The molecule has 0 spiro atoms. The molecule has 0 aromatic heterocycles. The number of carboxylic acids is 1. The molecular formula is C45H82NO8+. The number of allylic oxidation sites excluding steroid dienone is 6. The summed E-state index contributed by atoms with van der Waals surface area (Å²) in [6.45, 7) is 4.79. The van der Waals surface area contributed by atoms with Gasteiger partial charge in [-0.15, -0.1) is 0 Å². The van der Waals surface area contributed by atoms with E-state index < -0.39 is 24.3 Å². The second-order valence-electron chi connectivity index (χ2n) is 15.6. The Balaban J connectivity index is 4.48. The van der Waals surface area contributed by atoms with E-state index in [0.717, 1.165) is 70.6 Å². The van der Waals surface area contributed by atoms with Crippen LogP contribution >= 0.6 is 0 Å². The Bertz CT molecular complexity index is 987. The molecule has 0 bridgehead atoms. The fourth-order valence-electron chi connectivity index (χ4n) is 5.68. The van der Waals surface area contributed by atoms with E-state index >= 15 is 0 Å². The lowest BCUT2D eigenvalue weighted by atomic mass is 10.1. The van der Waals surface area contributed by atoms with Gasteiger partial charge in [0.25, 0.3) is 6.29 Å². The molecule has 314 valence electrons. The van der Waals surface area contributed by atoms with Crippen LogP contribution in [-0.2, 0) is 33.3 Å². The summed E-state index contributed by atoms with van der Waals surface area (Å²) in [6.07, 6.45) is 37.7. The van der Waals surface area contributed by atoms with Crippen LogP contribution in [-0.4, -0.2) is 87.4 Å². The van der Waals surface area contributed by atoms with Gasteiger partial charge in [-0.1, -0.05) is 127 Å². The first-order valence-corrected chi connectivity index (χ1v) is 21.7. The van der Waals surface area contributed by atoms with Gasteiger partial charge in [0.15, 0.2) is 6.10 Å². The summed E-state index contributed by atoms with van der Waals surface area (Å²) in [7, 11) is 5.94. The number of carbonyl (C=O) groups excluding carboxylic acids is 2. The maximum absolute atomic E-state index is 12.7. The number of carbonyl (C=O) groups is 3. The molecule has 0 aliphatic carbocycles. The summed E-state index contributed by atoms with van der Waals surface area (Å²) in [5.41, 5.74) is 0. The highest BCUT2D eigenvalue weighted by molar-refractivity contribution is 5.71. The zero-order chi connectivity index (χ0) is 40.0. The number of hydrogen-bond donors (Lipinski definition) is 1. The lowest BCUT2D eigenvalue weighted by Gasteiger charge is -2.25. The van der Waals surface area contributed by atoms with Gasteiger partial charge < -0.3 is 28.5 Å². The Morgan fingerprint density at radius 2 is 1.00 bits per heavy atom. The lowest BCUT2D eigenvalue weighted by Crippen LogP contribution is -2.40. The number of hydrogen-bond acceptors (Lipinski definition) is 7. The van der Waals surface area contributed by atoms with E-state index in [-0.39, 0.29) is 32.2 Å². The Labute approximate surface area is 330 Å². The zero-order valence-corrected chi connectivity index (χ0v) is 35.4. The van der Waals surface area contributed by atoms with Crippen LogP contribution in [0.3, 0.4) is 0 Å². The second-order valence-corrected chi connectivity index (χ2v) is 15.6. The van der Waals surface area contributed by atoms with Crippen molar-refractivity contribution in [2.24, 2.45) is 0 Å². The van der Waals surface area contributed by atoms with E-state index in [1.165, 1.54) is 70.6 Å². The molecule has 0 aliphatic rings. The van der Waals surface area contributed by atoms with Gasteiger partial charge in [0, 0.05) is 12.8 Å². The topological polar surface area (TPSA) is 108 Å². The van der Waals surface area contributed by atoms with E-state index in [1.807, 2.05) is 21.1 Å². The smallest absolute Gasteiger partial charge is 0.361 e. The quantitative estimate of drug-likeness (QED) is 0.0217. The van der Waals surface area contributed by atoms with Crippen LogP contribution in [0.25, 0.3) is 0 Å². The Morgan fingerprint density at radius 1 is 0.556 bits per heavy atom. The Morgan fingerprint density at radius 3 is 1.48 bits per heavy atom. The van der Waals surface area contributed by atoms with Crippen molar-refractivity contribution in [2.75, 3.05) is 47.5 Å². The van der Waals surface area contributed by atoms with E-state index in [0.29, 0.717) is 23.9 Å². The molecule has 0 heterocycles. The maximum Gasteiger partial charge on any atom is 0.361 e. The molecule has 0 saturated heterocycles. The zero-order valence-electron chi connectivity index (χ0n) is 35.4. The minimum Gasteiger partial charge on any atom is -0.477 e. The fourth-order valence-corrected chi connectivity index (χ4v) is 5.68. The molecule has 9 nitrogen and oxygen atoms in total. The average Bonchev–Trinajstić information content (AvgIpc) is 3.12. The van der Waals surface area contributed by atoms with Crippen LogP contribution in [0.1, 0.15) is 174 Å². The number of quaternary nitrogens is 1. The molecule has 0 saturated carbocycles. The Kier molecular flexibility index (Phi) is 35.7. The third-order valence-corrected chi connectivity index (χ3v) is 9.12. The lowest BCUT2D eigenvalue weighted by molar-refractivity contribution is -0.870. The predicted octanol–water partition coefficient (Wildman–Crippen LogP) is 11.1. The summed E-state index contributed by atoms with van der Waals surface area (Å²) in [4.78, 5) is 37.0. The molecule has 2 unspecified atom stereocenters. The summed E-state index contributed by atoms with van der Waals surface area (Å²) >= 11 is 0. The molecule has 1 N–H and O–H groups in total. The summed E-state index contributed by atoms with van der Waals surface area (Å²) in [5, 5.41) is 9.61. The molecule has 9 heteroatoms. The summed E-state index contributed by atoms with van der Waals surface area (Å²) < 4.78 is 22.7. The molecule has 0 rings (SSSR count). The van der Waals surface area contributed by atoms with Crippen molar-refractivity contribution < 1.29 is 42.9 Å². The van der Waals surface area contributed by atoms with Crippen molar-refractivity contribution in [3.8, 4) is 0 Å². The van der Waals surface area contributed by atoms with Gasteiger partial charge in [-0.25, -0.2) is 4.79 Å². The van der Waals surface area contributed by atoms with Crippen molar-refractivity contribution in [3.05, 3.63) is 36.5 Å². The number of nitrogens with zero attached hydrogens (tertiary/aromatic N) is 1. The number of aliphatic carboxylic acids is 1. The van der Waals surface area contributed by atoms with Crippen LogP contribution in [0.5, 0.6) is 0 Å². The van der Waals surface area contributed by atoms with Crippen molar-refractivity contribution in [2.45, 2.75) is 187 Å². The van der Waals surface area contributed by atoms with Gasteiger partial charge in [0.2, 0.25) is 0 Å². The average molecular weight is 765 g/mol. The molecule has 0 aliphatic heterocycles. The molecular weight excluding hydrogens is 682 g/mol. The van der Waals surface area contributed by atoms with Crippen molar-refractivity contribution in [1.29, 1.82) is 0 Å². The van der Waals surface area contributed by atoms with Gasteiger partial charge >= 0.3 is 17.9 Å². The molecule has 0 fully saturated rings. The van der Waals surface area contributed by atoms with Gasteiger partial charge in [-0.05, 0) is 70.6 Å². The van der Waals surface area contributed by atoms with Crippen LogP contribution in [0, 0.1) is 0 Å². The molecule has 54 heavy (non-hydrogen) atoms. The highest BCUT2D eigenvalue weighted by Gasteiger charge is 2.25. The number of likely N-dealkylation sites (N-methyl/N-ethyl adjacent to an activating group) is 1. The van der Waals surface area contributed by atoms with Gasteiger partial charge in [0.1, 0.15) is 13.2 Å². The minimum atomic E-state index is -1.51. The van der Waals surface area contributed by atoms with Gasteiger partial charge in [0.05, 0.1) is 34.4 Å². The number of rotatable bonds is 39. The standard InChI is InChI=1S/C45H81NO8/c1-6-8-10-12-14-16-18-20-21-22-23-24-26-28-30-32-34-36-43(48)54-41(40-53-45(44(49)50)51-38-37-46(3,4)5)39-52-42(47)35-33-31-29-27-25-19-17-15-13-11-9-7-2/h14-17,20-21,41,45H,6-13,18-19,22-40H2,1-5H3/p+1/b16-14-,17-15-,21-20-. The van der Waals surface area contributed by atoms with Crippen LogP contribution in [0.15, 0.2) is 36.5 Å². The monoisotopic (exact) mass is 765 g/mol. The normalized spacial score (nSPS) is 13.3. The second kappa shape index (κ2) is 37.4. The van der Waals surface area contributed by atoms with Crippen LogP contribution < -0.4 is 0 Å². The van der Waals surface area contributed by atoms with Crippen LogP contribution in [0.4, 0.5) is 0 Å². The van der Waals surface area contributed by atoms with Crippen molar-refractivity contribution >= 4 is 17.9 Å². The SMILES string of the molecule is CCCCC/C=C\C/C=C\CCCCCCCCCC(=O)OC(COC(=O)CCCCCCC/C=C\CCCCC)COC(OCC[N+](C)(C)C)C(=O)O. The first-order valence-electron chi connectivity index (χ1n) is 21.7. The van der Waals surface area contributed by atoms with Crippen molar-refractivity contribution in [3.63, 3.8) is 0 Å². The van der Waals surface area contributed by atoms with Gasteiger partial charge in [-0.2, -0.15) is 0 Å². The largest absolute Gasteiger partial charge is 0.477 e. The molecule has 2 atom stereocenters. The van der Waals surface area contributed by atoms with E-state index in [4.69, 9.17) is 18.9 Å². The maximum atomic E-state index is 12.7. The highest BCUT2D eigenvalue weighted by atomic mass is 16.7. The highest BCUT2D eigenvalue weighted by Crippen LogP contribution is 2.13. The minimum absolute atomic E-state index is 0.184. The predicted molar refractivity (Wildman–Crippen MR) is 221 cm³/mol. The third kappa shape index (κ3) is 37.8. The first kappa shape index (κ1) is 51.5. The van der Waals surface area contributed by atoms with E-state index in [1.54, 1.807) is 0 Å². The molecule has 0 amide bonds. The van der Waals surface area contributed by atoms with Crippen LogP contribution in [0.2, 0.25) is 0 Å². The van der Waals surface area contributed by atoms with Crippen molar-refractivity contribution in [1.82, 2.24) is 0 Å². The summed E-state index contributed by atoms with van der Waals surface area (Å²) in [5.74, 6) is -2.03. The van der Waals surface area contributed by atoms with E-state index in [9.17, 15) is 19.5 Å². The van der Waals surface area contributed by atoms with E-state index in [2.05, 4.69) is 50.3 Å². The molecule has 0 radical (unpaired) electrons. The summed E-state index contributed by atoms with van der Waals surface area (Å²) in [6, 6.07) is 0.